The van der Waals surface area contributed by atoms with Gasteiger partial charge in [-0.1, -0.05) is 31.5 Å². The highest BCUT2D eigenvalue weighted by Gasteiger charge is 2.06. The van der Waals surface area contributed by atoms with E-state index in [-0.39, 0.29) is 18.4 Å². The van der Waals surface area contributed by atoms with Crippen LogP contribution in [0.4, 0.5) is 0 Å². The minimum atomic E-state index is -0.196. The van der Waals surface area contributed by atoms with E-state index in [0.29, 0.717) is 31.2 Å². The van der Waals surface area contributed by atoms with E-state index in [0.717, 1.165) is 11.1 Å². The average Bonchev–Trinajstić information content (AvgIpc) is 2.42. The predicted molar refractivity (Wildman–Crippen MR) is 86.9 cm³/mol. The van der Waals surface area contributed by atoms with Gasteiger partial charge < -0.3 is 15.4 Å². The van der Waals surface area contributed by atoms with Gasteiger partial charge in [-0.2, -0.15) is 0 Å². The van der Waals surface area contributed by atoms with Gasteiger partial charge in [-0.25, -0.2) is 0 Å². The van der Waals surface area contributed by atoms with E-state index in [4.69, 9.17) is 4.74 Å². The standard InChI is InChI=1S/C17H26N2O3/c1-12(2)9-16(20)18-7-8-19-17(21)11-22-15-6-5-13(3)10-14(15)4/h5-6,10,12H,7-9,11H2,1-4H3,(H,18,20)(H,19,21). The molecule has 122 valence electrons. The molecule has 1 rings (SSSR count). The molecule has 5 nitrogen and oxygen atoms in total. The highest BCUT2D eigenvalue weighted by molar-refractivity contribution is 5.78. The fourth-order valence-corrected chi connectivity index (χ4v) is 2.00. The van der Waals surface area contributed by atoms with Gasteiger partial charge in [-0.3, -0.25) is 9.59 Å². The van der Waals surface area contributed by atoms with E-state index in [1.165, 1.54) is 0 Å². The molecule has 0 atom stereocenters. The summed E-state index contributed by atoms with van der Waals surface area (Å²) in [6.07, 6.45) is 0.504. The highest BCUT2D eigenvalue weighted by Crippen LogP contribution is 2.18. The van der Waals surface area contributed by atoms with Crippen LogP contribution in [0, 0.1) is 19.8 Å². The Bertz CT molecular complexity index is 513. The van der Waals surface area contributed by atoms with Gasteiger partial charge in [0.25, 0.3) is 5.91 Å². The van der Waals surface area contributed by atoms with Gasteiger partial charge in [-0.15, -0.1) is 0 Å². The van der Waals surface area contributed by atoms with Gasteiger partial charge in [0.1, 0.15) is 5.75 Å². The van der Waals surface area contributed by atoms with Crippen LogP contribution in [0.15, 0.2) is 18.2 Å². The third-order valence-corrected chi connectivity index (χ3v) is 3.05. The number of hydrogen-bond acceptors (Lipinski definition) is 3. The Labute approximate surface area is 132 Å². The molecule has 0 unspecified atom stereocenters. The molecule has 22 heavy (non-hydrogen) atoms. The van der Waals surface area contributed by atoms with Crippen LogP contribution in [0.5, 0.6) is 5.75 Å². The first-order valence-electron chi connectivity index (χ1n) is 7.62. The molecule has 0 aromatic heterocycles. The van der Waals surface area contributed by atoms with E-state index in [1.54, 1.807) is 0 Å². The quantitative estimate of drug-likeness (QED) is 0.722. The third kappa shape index (κ3) is 7.11. The molecule has 1 aromatic carbocycles. The topological polar surface area (TPSA) is 67.4 Å². The lowest BCUT2D eigenvalue weighted by Gasteiger charge is -2.11. The van der Waals surface area contributed by atoms with E-state index in [2.05, 4.69) is 10.6 Å². The summed E-state index contributed by atoms with van der Waals surface area (Å²) in [7, 11) is 0. The van der Waals surface area contributed by atoms with Crippen LogP contribution in [0.1, 0.15) is 31.4 Å². The average molecular weight is 306 g/mol. The minimum Gasteiger partial charge on any atom is -0.484 e. The van der Waals surface area contributed by atoms with Crippen LogP contribution in [-0.4, -0.2) is 31.5 Å². The van der Waals surface area contributed by atoms with Crippen molar-refractivity contribution in [2.24, 2.45) is 5.92 Å². The summed E-state index contributed by atoms with van der Waals surface area (Å²) in [5.74, 6) is 0.862. The van der Waals surface area contributed by atoms with Crippen LogP contribution in [0.25, 0.3) is 0 Å². The Kier molecular flexibility index (Phi) is 7.43. The van der Waals surface area contributed by atoms with Crippen molar-refractivity contribution in [2.45, 2.75) is 34.1 Å². The first-order valence-corrected chi connectivity index (χ1v) is 7.62. The van der Waals surface area contributed by atoms with Crippen molar-refractivity contribution >= 4 is 11.8 Å². The summed E-state index contributed by atoms with van der Waals surface area (Å²) < 4.78 is 5.48. The van der Waals surface area contributed by atoms with Gasteiger partial charge in [0.15, 0.2) is 6.61 Å². The van der Waals surface area contributed by atoms with Crippen molar-refractivity contribution in [3.05, 3.63) is 29.3 Å². The van der Waals surface area contributed by atoms with Crippen molar-refractivity contribution in [1.82, 2.24) is 10.6 Å². The number of carbonyl (C=O) groups is 2. The first kappa shape index (κ1) is 18.0. The zero-order valence-corrected chi connectivity index (χ0v) is 13.9. The molecule has 0 saturated carbocycles. The van der Waals surface area contributed by atoms with E-state index in [9.17, 15) is 9.59 Å². The number of ether oxygens (including phenoxy) is 1. The Hall–Kier alpha value is -2.04. The summed E-state index contributed by atoms with van der Waals surface area (Å²) in [5.41, 5.74) is 2.17. The summed E-state index contributed by atoms with van der Waals surface area (Å²) in [6.45, 7) is 8.75. The lowest BCUT2D eigenvalue weighted by Crippen LogP contribution is -2.37. The number of benzene rings is 1. The Balaban J connectivity index is 2.20. The lowest BCUT2D eigenvalue weighted by molar-refractivity contribution is -0.124. The molecule has 0 saturated heterocycles. The maximum Gasteiger partial charge on any atom is 0.258 e. The van der Waals surface area contributed by atoms with Crippen molar-refractivity contribution < 1.29 is 14.3 Å². The molecule has 0 aliphatic carbocycles. The molecule has 0 aliphatic heterocycles. The SMILES string of the molecule is Cc1ccc(OCC(=O)NCCNC(=O)CC(C)C)c(C)c1. The van der Waals surface area contributed by atoms with Crippen molar-refractivity contribution in [1.29, 1.82) is 0 Å². The van der Waals surface area contributed by atoms with Crippen LogP contribution in [0.3, 0.4) is 0 Å². The van der Waals surface area contributed by atoms with Gasteiger partial charge in [0.2, 0.25) is 5.91 Å². The molecule has 0 aliphatic rings. The molecular formula is C17H26N2O3. The number of rotatable bonds is 8. The maximum absolute atomic E-state index is 11.7. The van der Waals surface area contributed by atoms with Crippen LogP contribution < -0.4 is 15.4 Å². The summed E-state index contributed by atoms with van der Waals surface area (Å²) in [6, 6.07) is 5.83. The van der Waals surface area contributed by atoms with Gasteiger partial charge in [0, 0.05) is 19.5 Å². The second kappa shape index (κ2) is 9.07. The summed E-state index contributed by atoms with van der Waals surface area (Å²) in [4.78, 5) is 23.1. The Morgan fingerprint density at radius 3 is 2.32 bits per heavy atom. The summed E-state index contributed by atoms with van der Waals surface area (Å²) in [5, 5.41) is 5.48. The monoisotopic (exact) mass is 306 g/mol. The molecular weight excluding hydrogens is 280 g/mol. The van der Waals surface area contributed by atoms with E-state index >= 15 is 0 Å². The van der Waals surface area contributed by atoms with Crippen LogP contribution >= 0.6 is 0 Å². The van der Waals surface area contributed by atoms with Crippen molar-refractivity contribution in [3.63, 3.8) is 0 Å². The molecule has 0 radical (unpaired) electrons. The lowest BCUT2D eigenvalue weighted by atomic mass is 10.1. The smallest absolute Gasteiger partial charge is 0.258 e. The fourth-order valence-electron chi connectivity index (χ4n) is 2.00. The van der Waals surface area contributed by atoms with Crippen molar-refractivity contribution in [3.8, 4) is 5.75 Å². The zero-order chi connectivity index (χ0) is 16.5. The molecule has 1 aromatic rings. The second-order valence-electron chi connectivity index (χ2n) is 5.86. The number of amides is 2. The van der Waals surface area contributed by atoms with Gasteiger partial charge >= 0.3 is 0 Å². The number of hydrogen-bond donors (Lipinski definition) is 2. The van der Waals surface area contributed by atoms with Crippen molar-refractivity contribution in [2.75, 3.05) is 19.7 Å². The molecule has 0 spiro atoms. The molecule has 0 heterocycles. The Morgan fingerprint density at radius 1 is 1.09 bits per heavy atom. The number of nitrogens with one attached hydrogen (secondary N) is 2. The Morgan fingerprint density at radius 2 is 1.73 bits per heavy atom. The third-order valence-electron chi connectivity index (χ3n) is 3.05. The van der Waals surface area contributed by atoms with E-state index < -0.39 is 0 Å². The molecule has 5 heteroatoms. The highest BCUT2D eigenvalue weighted by atomic mass is 16.5. The van der Waals surface area contributed by atoms with Crippen LogP contribution in [0.2, 0.25) is 0 Å². The second-order valence-corrected chi connectivity index (χ2v) is 5.86. The maximum atomic E-state index is 11.7. The fraction of sp³-hybridized carbons (Fsp3) is 0.529. The molecule has 2 amide bonds. The number of aryl methyl sites for hydroxylation is 2. The zero-order valence-electron chi connectivity index (χ0n) is 13.9. The molecule has 0 fully saturated rings. The number of carbonyl (C=O) groups excluding carboxylic acids is 2. The molecule has 2 N–H and O–H groups in total. The van der Waals surface area contributed by atoms with Crippen LogP contribution in [-0.2, 0) is 9.59 Å². The predicted octanol–water partition coefficient (Wildman–Crippen LogP) is 1.96. The normalized spacial score (nSPS) is 10.4. The largest absolute Gasteiger partial charge is 0.484 e. The van der Waals surface area contributed by atoms with Gasteiger partial charge in [0.05, 0.1) is 0 Å². The minimum absolute atomic E-state index is 0.00998. The van der Waals surface area contributed by atoms with Gasteiger partial charge in [-0.05, 0) is 31.4 Å². The van der Waals surface area contributed by atoms with E-state index in [1.807, 2.05) is 45.9 Å². The molecule has 0 bridgehead atoms. The first-order chi connectivity index (χ1) is 10.4. The summed E-state index contributed by atoms with van der Waals surface area (Å²) >= 11 is 0.